The summed E-state index contributed by atoms with van der Waals surface area (Å²) >= 11 is 5.78. The summed E-state index contributed by atoms with van der Waals surface area (Å²) in [5.74, 6) is -0.370. The van der Waals surface area contributed by atoms with Gasteiger partial charge in [0, 0.05) is 11.4 Å². The standard InChI is InChI=1S/C12H14ClNO4/c13-11-6-4-10(5-7-11)2-1-3-12(15)18-14-16-8-9-17-14/h4-7H,1-3,8-9H2. The van der Waals surface area contributed by atoms with Crippen LogP contribution in [0.4, 0.5) is 0 Å². The van der Waals surface area contributed by atoms with Gasteiger partial charge in [0.25, 0.3) is 0 Å². The van der Waals surface area contributed by atoms with Gasteiger partial charge in [0.1, 0.15) is 18.6 Å². The molecule has 0 atom stereocenters. The number of hydrogen-bond acceptors (Lipinski definition) is 5. The topological polar surface area (TPSA) is 48.0 Å². The summed E-state index contributed by atoms with van der Waals surface area (Å²) < 4.78 is 0. The smallest absolute Gasteiger partial charge is 0.318 e. The van der Waals surface area contributed by atoms with E-state index in [1.54, 1.807) is 0 Å². The molecule has 1 saturated heterocycles. The molecule has 0 aromatic heterocycles. The Labute approximate surface area is 110 Å². The van der Waals surface area contributed by atoms with Crippen LogP contribution in [0.1, 0.15) is 18.4 Å². The Hall–Kier alpha value is -1.14. The summed E-state index contributed by atoms with van der Waals surface area (Å²) in [5, 5.41) is 1.48. The number of halogens is 1. The van der Waals surface area contributed by atoms with Crippen LogP contribution in [-0.4, -0.2) is 24.6 Å². The zero-order valence-electron chi connectivity index (χ0n) is 9.80. The van der Waals surface area contributed by atoms with Crippen molar-refractivity contribution < 1.29 is 19.3 Å². The molecule has 1 aromatic rings. The molecule has 0 amide bonds. The van der Waals surface area contributed by atoms with Gasteiger partial charge in [-0.05, 0) is 30.5 Å². The second-order valence-electron chi connectivity index (χ2n) is 3.83. The first-order valence-electron chi connectivity index (χ1n) is 5.75. The minimum absolute atomic E-state index is 0.311. The van der Waals surface area contributed by atoms with Gasteiger partial charge in [-0.2, -0.15) is 0 Å². The van der Waals surface area contributed by atoms with Crippen LogP contribution in [0.5, 0.6) is 0 Å². The van der Waals surface area contributed by atoms with E-state index in [9.17, 15) is 4.79 Å². The lowest BCUT2D eigenvalue weighted by atomic mass is 10.1. The van der Waals surface area contributed by atoms with E-state index in [0.29, 0.717) is 31.1 Å². The molecule has 18 heavy (non-hydrogen) atoms. The van der Waals surface area contributed by atoms with Crippen molar-refractivity contribution in [1.29, 1.82) is 0 Å². The third kappa shape index (κ3) is 4.27. The van der Waals surface area contributed by atoms with Crippen LogP contribution in [0, 0.1) is 0 Å². The van der Waals surface area contributed by atoms with E-state index in [-0.39, 0.29) is 5.97 Å². The zero-order valence-corrected chi connectivity index (χ0v) is 10.6. The van der Waals surface area contributed by atoms with Crippen molar-refractivity contribution in [3.63, 3.8) is 0 Å². The minimum atomic E-state index is -0.370. The normalized spacial score (nSPS) is 15.8. The number of aryl methyl sites for hydroxylation is 1. The average Bonchev–Trinajstić information content (AvgIpc) is 2.84. The van der Waals surface area contributed by atoms with Crippen LogP contribution in [0.15, 0.2) is 24.3 Å². The lowest BCUT2D eigenvalue weighted by Gasteiger charge is -2.10. The minimum Gasteiger partial charge on any atom is -0.318 e. The zero-order chi connectivity index (χ0) is 12.8. The van der Waals surface area contributed by atoms with Crippen molar-refractivity contribution >= 4 is 17.6 Å². The Morgan fingerprint density at radius 2 is 1.94 bits per heavy atom. The van der Waals surface area contributed by atoms with E-state index in [1.807, 2.05) is 24.3 Å². The van der Waals surface area contributed by atoms with Crippen LogP contribution >= 0.6 is 11.6 Å². The first-order chi connectivity index (χ1) is 8.74. The lowest BCUT2D eigenvalue weighted by molar-refractivity contribution is -0.460. The van der Waals surface area contributed by atoms with Crippen molar-refractivity contribution in [2.45, 2.75) is 19.3 Å². The Morgan fingerprint density at radius 1 is 1.28 bits per heavy atom. The summed E-state index contributed by atoms with van der Waals surface area (Å²) in [6.45, 7) is 0.802. The fourth-order valence-electron chi connectivity index (χ4n) is 1.53. The Balaban J connectivity index is 1.65. The highest BCUT2D eigenvalue weighted by molar-refractivity contribution is 6.30. The number of nitrogens with zero attached hydrogens (tertiary/aromatic N) is 1. The van der Waals surface area contributed by atoms with Gasteiger partial charge >= 0.3 is 5.97 Å². The highest BCUT2D eigenvalue weighted by Crippen LogP contribution is 2.12. The second kappa shape index (κ2) is 6.70. The third-order valence-electron chi connectivity index (χ3n) is 2.41. The van der Waals surface area contributed by atoms with Gasteiger partial charge < -0.3 is 4.84 Å². The fourth-order valence-corrected chi connectivity index (χ4v) is 1.66. The molecule has 0 spiro atoms. The van der Waals surface area contributed by atoms with Gasteiger partial charge in [-0.25, -0.2) is 9.68 Å². The molecule has 1 aliphatic heterocycles. The van der Waals surface area contributed by atoms with Gasteiger partial charge in [-0.1, -0.05) is 23.7 Å². The molecule has 1 fully saturated rings. The molecular weight excluding hydrogens is 258 g/mol. The quantitative estimate of drug-likeness (QED) is 0.822. The fraction of sp³-hybridized carbons (Fsp3) is 0.417. The van der Waals surface area contributed by atoms with Crippen LogP contribution < -0.4 is 0 Å². The Morgan fingerprint density at radius 3 is 2.61 bits per heavy atom. The van der Waals surface area contributed by atoms with Crippen LogP contribution in [0.3, 0.4) is 0 Å². The van der Waals surface area contributed by atoms with Crippen molar-refractivity contribution in [3.8, 4) is 0 Å². The molecule has 0 bridgehead atoms. The Kier molecular flexibility index (Phi) is 4.95. The molecule has 98 valence electrons. The molecule has 0 radical (unpaired) electrons. The lowest BCUT2D eigenvalue weighted by Crippen LogP contribution is -2.21. The largest absolute Gasteiger partial charge is 0.330 e. The molecule has 2 rings (SSSR count). The molecule has 0 N–H and O–H groups in total. The number of benzene rings is 1. The van der Waals surface area contributed by atoms with E-state index >= 15 is 0 Å². The van der Waals surface area contributed by atoms with Crippen molar-refractivity contribution in [1.82, 2.24) is 5.39 Å². The number of hydrogen-bond donors (Lipinski definition) is 0. The molecule has 0 saturated carbocycles. The number of rotatable bonds is 5. The molecule has 0 aliphatic carbocycles. The van der Waals surface area contributed by atoms with Crippen molar-refractivity contribution in [2.75, 3.05) is 13.2 Å². The predicted molar refractivity (Wildman–Crippen MR) is 64.2 cm³/mol. The molecule has 0 unspecified atom stereocenters. The Bertz CT molecular complexity index is 390. The van der Waals surface area contributed by atoms with Crippen LogP contribution in [0.2, 0.25) is 5.02 Å². The van der Waals surface area contributed by atoms with E-state index in [2.05, 4.69) is 0 Å². The van der Waals surface area contributed by atoms with E-state index in [4.69, 9.17) is 26.1 Å². The first kappa shape index (κ1) is 13.3. The highest BCUT2D eigenvalue weighted by Gasteiger charge is 2.18. The van der Waals surface area contributed by atoms with Crippen molar-refractivity contribution in [2.24, 2.45) is 0 Å². The van der Waals surface area contributed by atoms with Crippen LogP contribution in [-0.2, 0) is 25.7 Å². The molecule has 1 aliphatic rings. The van der Waals surface area contributed by atoms with Gasteiger partial charge in [0.05, 0.1) is 0 Å². The monoisotopic (exact) mass is 271 g/mol. The third-order valence-corrected chi connectivity index (χ3v) is 2.66. The second-order valence-corrected chi connectivity index (χ2v) is 4.27. The van der Waals surface area contributed by atoms with E-state index < -0.39 is 0 Å². The molecule has 6 heteroatoms. The van der Waals surface area contributed by atoms with Gasteiger partial charge in [0.15, 0.2) is 0 Å². The molecule has 5 nitrogen and oxygen atoms in total. The number of carbonyl (C=O) groups is 1. The molecule has 1 heterocycles. The number of carbonyl (C=O) groups excluding carboxylic acids is 1. The molecular formula is C12H14ClNO4. The van der Waals surface area contributed by atoms with E-state index in [1.165, 1.54) is 0 Å². The average molecular weight is 272 g/mol. The van der Waals surface area contributed by atoms with Gasteiger partial charge in [-0.3, -0.25) is 4.79 Å². The summed E-state index contributed by atoms with van der Waals surface area (Å²) in [7, 11) is 0. The van der Waals surface area contributed by atoms with Gasteiger partial charge in [-0.15, -0.1) is 0 Å². The first-order valence-corrected chi connectivity index (χ1v) is 6.13. The predicted octanol–water partition coefficient (Wildman–Crippen LogP) is 2.30. The maximum atomic E-state index is 11.4. The SMILES string of the molecule is O=C(CCCc1ccc(Cl)cc1)ON1OCCO1. The summed E-state index contributed by atoms with van der Waals surface area (Å²) in [4.78, 5) is 25.9. The molecule has 1 aromatic carbocycles. The van der Waals surface area contributed by atoms with Crippen molar-refractivity contribution in [3.05, 3.63) is 34.9 Å². The van der Waals surface area contributed by atoms with Gasteiger partial charge in [0.2, 0.25) is 0 Å². The van der Waals surface area contributed by atoms with E-state index in [0.717, 1.165) is 17.4 Å². The summed E-state index contributed by atoms with van der Waals surface area (Å²) in [6.07, 6.45) is 1.81. The van der Waals surface area contributed by atoms with Crippen LogP contribution in [0.25, 0.3) is 0 Å². The summed E-state index contributed by atoms with van der Waals surface area (Å²) in [6, 6.07) is 7.56. The maximum Gasteiger partial charge on any atom is 0.330 e. The maximum absolute atomic E-state index is 11.4. The summed E-state index contributed by atoms with van der Waals surface area (Å²) in [5.41, 5.74) is 1.14. The highest BCUT2D eigenvalue weighted by atomic mass is 35.5.